The third kappa shape index (κ3) is 13.0. The van der Waals surface area contributed by atoms with Gasteiger partial charge in [0.15, 0.2) is 0 Å². The van der Waals surface area contributed by atoms with Gasteiger partial charge in [-0.05, 0) is 92.0 Å². The molecule has 0 fully saturated rings. The average Bonchev–Trinajstić information content (AvgIpc) is 2.91. The van der Waals surface area contributed by atoms with Gasteiger partial charge in [-0.3, -0.25) is 14.4 Å². The van der Waals surface area contributed by atoms with Crippen LogP contribution in [0.4, 0.5) is 4.79 Å². The highest BCUT2D eigenvalue weighted by atomic mass is 16.6. The van der Waals surface area contributed by atoms with Gasteiger partial charge in [-0.25, -0.2) is 9.59 Å². The van der Waals surface area contributed by atoms with Crippen LogP contribution in [0.5, 0.6) is 5.75 Å². The number of carbonyl (C=O) groups is 5. The molecule has 258 valence electrons. The zero-order valence-corrected chi connectivity index (χ0v) is 28.9. The van der Waals surface area contributed by atoms with Crippen LogP contribution in [0.15, 0.2) is 54.6 Å². The number of aromatic hydroxyl groups is 1. The van der Waals surface area contributed by atoms with Crippen LogP contribution in [-0.2, 0) is 35.1 Å². The molecule has 0 radical (unpaired) electrons. The SMILES string of the molecule is CC(C)(C)OC(=O)NC(CCC(N)=O)C(=O)N(C(C(=O)NC(Cc1ccccc1)C(=O)OC(C)(C)C)c1ccc(O)cc1)C(C)(C)C. The summed E-state index contributed by atoms with van der Waals surface area (Å²) in [5.41, 5.74) is 3.70. The Morgan fingerprint density at radius 3 is 1.83 bits per heavy atom. The van der Waals surface area contributed by atoms with Gasteiger partial charge >= 0.3 is 12.1 Å². The topological polar surface area (TPSA) is 177 Å². The summed E-state index contributed by atoms with van der Waals surface area (Å²) < 4.78 is 11.0. The summed E-state index contributed by atoms with van der Waals surface area (Å²) in [6.07, 6.45) is -1.20. The molecule has 0 spiro atoms. The molecule has 2 aromatic carbocycles. The van der Waals surface area contributed by atoms with Crippen LogP contribution < -0.4 is 16.4 Å². The van der Waals surface area contributed by atoms with Gasteiger partial charge in [-0.2, -0.15) is 0 Å². The molecule has 2 rings (SSSR count). The molecule has 0 saturated heterocycles. The lowest BCUT2D eigenvalue weighted by Crippen LogP contribution is -2.59. The zero-order chi connectivity index (χ0) is 35.7. The summed E-state index contributed by atoms with van der Waals surface area (Å²) in [6.45, 7) is 15.3. The van der Waals surface area contributed by atoms with E-state index >= 15 is 0 Å². The lowest BCUT2D eigenvalue weighted by Gasteiger charge is -2.43. The van der Waals surface area contributed by atoms with Crippen molar-refractivity contribution in [3.63, 3.8) is 0 Å². The number of carbonyl (C=O) groups excluding carboxylic acids is 5. The van der Waals surface area contributed by atoms with Crippen molar-refractivity contribution in [3.05, 3.63) is 65.7 Å². The number of phenolic OH excluding ortho intramolecular Hbond substituents is 1. The highest BCUT2D eigenvalue weighted by Gasteiger charge is 2.43. The second-order valence-corrected chi connectivity index (χ2v) is 14.4. The molecule has 5 N–H and O–H groups in total. The van der Waals surface area contributed by atoms with Gasteiger partial charge in [-0.15, -0.1) is 0 Å². The molecule has 0 saturated carbocycles. The summed E-state index contributed by atoms with van der Waals surface area (Å²) in [5, 5.41) is 15.4. The third-order valence-corrected chi connectivity index (χ3v) is 6.63. The number of rotatable bonds is 12. The van der Waals surface area contributed by atoms with Crippen LogP contribution in [0.2, 0.25) is 0 Å². The molecule has 0 heterocycles. The van der Waals surface area contributed by atoms with Crippen molar-refractivity contribution in [2.75, 3.05) is 0 Å². The van der Waals surface area contributed by atoms with Crippen LogP contribution in [0.1, 0.15) is 92.3 Å². The van der Waals surface area contributed by atoms with E-state index in [9.17, 15) is 29.1 Å². The second kappa shape index (κ2) is 15.8. The molecule has 3 atom stereocenters. The van der Waals surface area contributed by atoms with Crippen LogP contribution >= 0.6 is 0 Å². The van der Waals surface area contributed by atoms with Crippen LogP contribution in [-0.4, -0.2) is 68.6 Å². The molecule has 12 nitrogen and oxygen atoms in total. The molecule has 2 aromatic rings. The fourth-order valence-corrected chi connectivity index (χ4v) is 4.75. The summed E-state index contributed by atoms with van der Waals surface area (Å²) in [7, 11) is 0. The first kappa shape index (κ1) is 38.6. The summed E-state index contributed by atoms with van der Waals surface area (Å²) in [5.74, 6) is -2.83. The summed E-state index contributed by atoms with van der Waals surface area (Å²) >= 11 is 0. The number of hydrogen-bond donors (Lipinski definition) is 4. The zero-order valence-electron chi connectivity index (χ0n) is 28.9. The number of amides is 4. The first-order chi connectivity index (χ1) is 21.6. The standard InChI is InChI=1S/C35H50N4O8/c1-33(2,3)39(30(43)25(19-20-27(36)41)38-32(45)47-35(7,8)9)28(23-15-17-24(40)18-16-23)29(42)37-26(31(44)46-34(4,5)6)21-22-13-11-10-12-14-22/h10-18,25-26,28,40H,19-21H2,1-9H3,(H2,36,41)(H,37,42)(H,38,45). The maximum Gasteiger partial charge on any atom is 0.408 e. The predicted molar refractivity (Wildman–Crippen MR) is 177 cm³/mol. The highest BCUT2D eigenvalue weighted by Crippen LogP contribution is 2.32. The third-order valence-electron chi connectivity index (χ3n) is 6.63. The van der Waals surface area contributed by atoms with Crippen molar-refractivity contribution in [3.8, 4) is 5.75 Å². The molecular formula is C35H50N4O8. The quantitative estimate of drug-likeness (QED) is 0.245. The molecule has 3 unspecified atom stereocenters. The molecular weight excluding hydrogens is 604 g/mol. The van der Waals surface area contributed by atoms with Gasteiger partial charge in [0.2, 0.25) is 17.7 Å². The molecule has 0 aliphatic heterocycles. The van der Waals surface area contributed by atoms with Crippen molar-refractivity contribution >= 4 is 29.8 Å². The molecule has 12 heteroatoms. The van der Waals surface area contributed by atoms with E-state index in [1.807, 2.05) is 30.3 Å². The Bertz CT molecular complexity index is 1390. The first-order valence-corrected chi connectivity index (χ1v) is 15.5. The van der Waals surface area contributed by atoms with Gasteiger partial charge in [0.25, 0.3) is 0 Å². The lowest BCUT2D eigenvalue weighted by atomic mass is 9.94. The molecule has 0 bridgehead atoms. The van der Waals surface area contributed by atoms with Crippen LogP contribution in [0.3, 0.4) is 0 Å². The van der Waals surface area contributed by atoms with Crippen LogP contribution in [0.25, 0.3) is 0 Å². The van der Waals surface area contributed by atoms with E-state index in [1.165, 1.54) is 29.2 Å². The monoisotopic (exact) mass is 654 g/mol. The van der Waals surface area contributed by atoms with Gasteiger partial charge in [0.05, 0.1) is 0 Å². The Kier molecular flexibility index (Phi) is 13.0. The molecule has 47 heavy (non-hydrogen) atoms. The Hall–Kier alpha value is -4.61. The largest absolute Gasteiger partial charge is 0.508 e. The van der Waals surface area contributed by atoms with E-state index in [-0.39, 0.29) is 25.0 Å². The summed E-state index contributed by atoms with van der Waals surface area (Å²) in [4.78, 5) is 68.2. The van der Waals surface area contributed by atoms with E-state index in [0.29, 0.717) is 5.56 Å². The number of hydrogen-bond acceptors (Lipinski definition) is 8. The molecule has 4 amide bonds. The average molecular weight is 655 g/mol. The van der Waals surface area contributed by atoms with Crippen LogP contribution in [0, 0.1) is 0 Å². The molecule has 0 aliphatic rings. The van der Waals surface area contributed by atoms with Gasteiger partial charge in [0.1, 0.15) is 35.1 Å². The maximum atomic E-state index is 14.5. The normalized spacial score (nSPS) is 13.8. The minimum absolute atomic E-state index is 0.0665. The van der Waals surface area contributed by atoms with E-state index in [0.717, 1.165) is 5.56 Å². The Morgan fingerprint density at radius 2 is 1.34 bits per heavy atom. The lowest BCUT2D eigenvalue weighted by molar-refractivity contribution is -0.159. The number of phenols is 1. The number of esters is 1. The number of ether oxygens (including phenoxy) is 2. The molecule has 0 aromatic heterocycles. The van der Waals surface area contributed by atoms with Gasteiger partial charge in [-0.1, -0.05) is 42.5 Å². The van der Waals surface area contributed by atoms with Gasteiger partial charge in [0, 0.05) is 18.4 Å². The fraction of sp³-hybridized carbons (Fsp3) is 0.514. The maximum absolute atomic E-state index is 14.5. The number of benzene rings is 2. The number of nitrogens with two attached hydrogens (primary N) is 1. The minimum Gasteiger partial charge on any atom is -0.508 e. The Balaban J connectivity index is 2.65. The Morgan fingerprint density at radius 1 is 0.787 bits per heavy atom. The van der Waals surface area contributed by atoms with E-state index in [2.05, 4.69) is 10.6 Å². The minimum atomic E-state index is -1.36. The number of primary amides is 1. The van der Waals surface area contributed by atoms with E-state index in [4.69, 9.17) is 15.2 Å². The van der Waals surface area contributed by atoms with Crippen molar-refractivity contribution in [2.45, 2.75) is 116 Å². The smallest absolute Gasteiger partial charge is 0.408 e. The van der Waals surface area contributed by atoms with Crippen molar-refractivity contribution in [1.29, 1.82) is 0 Å². The van der Waals surface area contributed by atoms with Crippen molar-refractivity contribution < 1.29 is 38.6 Å². The Labute approximate surface area is 277 Å². The first-order valence-electron chi connectivity index (χ1n) is 15.5. The van der Waals surface area contributed by atoms with E-state index < -0.39 is 64.7 Å². The molecule has 0 aliphatic carbocycles. The highest BCUT2D eigenvalue weighted by molar-refractivity contribution is 5.94. The second-order valence-electron chi connectivity index (χ2n) is 14.4. The van der Waals surface area contributed by atoms with Crippen molar-refractivity contribution in [1.82, 2.24) is 15.5 Å². The predicted octanol–water partition coefficient (Wildman–Crippen LogP) is 4.29. The van der Waals surface area contributed by atoms with Crippen molar-refractivity contribution in [2.24, 2.45) is 5.73 Å². The van der Waals surface area contributed by atoms with E-state index in [1.54, 1.807) is 62.3 Å². The fourth-order valence-electron chi connectivity index (χ4n) is 4.75. The summed E-state index contributed by atoms with van der Waals surface area (Å²) in [6, 6.07) is 11.0. The van der Waals surface area contributed by atoms with Gasteiger partial charge < -0.3 is 35.8 Å². The number of nitrogens with zero attached hydrogens (tertiary/aromatic N) is 1. The number of nitrogens with one attached hydrogen (secondary N) is 2. The number of alkyl carbamates (subject to hydrolysis) is 1.